The van der Waals surface area contributed by atoms with Crippen LogP contribution in [0.2, 0.25) is 5.02 Å². The van der Waals surface area contributed by atoms with Crippen molar-refractivity contribution in [3.8, 4) is 22.9 Å². The standard InChI is InChI=1S/C27H24ClN3O2/c1-18-6-4-7-20(16-18)19-12-14-31(15-13-19)27(32)22-9-5-8-21(17-22)25-29-30-26(33-25)23-10-2-3-11-24(23)28/h2-11,16-17,19H,12-15H2,1H3. The molecule has 0 aliphatic carbocycles. The van der Waals surface area contributed by atoms with Gasteiger partial charge in [-0.25, -0.2) is 0 Å². The lowest BCUT2D eigenvalue weighted by molar-refractivity contribution is 0.0713. The van der Waals surface area contributed by atoms with E-state index < -0.39 is 0 Å². The summed E-state index contributed by atoms with van der Waals surface area (Å²) in [6, 6.07) is 23.4. The molecule has 0 N–H and O–H groups in total. The maximum Gasteiger partial charge on any atom is 0.253 e. The minimum atomic E-state index is 0.0328. The van der Waals surface area contributed by atoms with Gasteiger partial charge in [0.2, 0.25) is 11.8 Å². The number of nitrogens with zero attached hydrogens (tertiary/aromatic N) is 3. The predicted octanol–water partition coefficient (Wildman–Crippen LogP) is 6.39. The summed E-state index contributed by atoms with van der Waals surface area (Å²) < 4.78 is 5.86. The molecule has 5 rings (SSSR count). The zero-order valence-corrected chi connectivity index (χ0v) is 19.1. The molecule has 0 unspecified atom stereocenters. The predicted molar refractivity (Wildman–Crippen MR) is 129 cm³/mol. The van der Waals surface area contributed by atoms with Crippen molar-refractivity contribution in [2.24, 2.45) is 0 Å². The molecule has 1 saturated heterocycles. The van der Waals surface area contributed by atoms with Crippen LogP contribution in [0.1, 0.15) is 40.2 Å². The Balaban J connectivity index is 1.30. The Bertz CT molecular complexity index is 1290. The summed E-state index contributed by atoms with van der Waals surface area (Å²) in [5, 5.41) is 8.85. The van der Waals surface area contributed by atoms with E-state index in [1.165, 1.54) is 11.1 Å². The van der Waals surface area contributed by atoms with Crippen molar-refractivity contribution in [1.29, 1.82) is 0 Å². The first-order chi connectivity index (χ1) is 16.1. The highest BCUT2D eigenvalue weighted by Gasteiger charge is 2.25. The molecule has 0 bridgehead atoms. The summed E-state index contributed by atoms with van der Waals surface area (Å²) in [7, 11) is 0. The van der Waals surface area contributed by atoms with E-state index in [-0.39, 0.29) is 5.91 Å². The quantitative estimate of drug-likeness (QED) is 0.356. The normalized spacial score (nSPS) is 14.4. The first kappa shape index (κ1) is 21.4. The van der Waals surface area contributed by atoms with E-state index in [2.05, 4.69) is 41.4 Å². The number of rotatable bonds is 4. The zero-order valence-electron chi connectivity index (χ0n) is 18.4. The van der Waals surface area contributed by atoms with E-state index in [4.69, 9.17) is 16.0 Å². The largest absolute Gasteiger partial charge is 0.416 e. The SMILES string of the molecule is Cc1cccc(C2CCN(C(=O)c3cccc(-c4nnc(-c5ccccc5Cl)o4)c3)CC2)c1. The molecule has 0 radical (unpaired) electrons. The minimum Gasteiger partial charge on any atom is -0.416 e. The third kappa shape index (κ3) is 4.55. The smallest absolute Gasteiger partial charge is 0.253 e. The summed E-state index contributed by atoms with van der Waals surface area (Å²) in [4.78, 5) is 15.1. The highest BCUT2D eigenvalue weighted by Crippen LogP contribution is 2.31. The number of aromatic nitrogens is 2. The molecule has 33 heavy (non-hydrogen) atoms. The van der Waals surface area contributed by atoms with Gasteiger partial charge in [0.15, 0.2) is 0 Å². The van der Waals surface area contributed by atoms with E-state index in [1.54, 1.807) is 6.07 Å². The van der Waals surface area contributed by atoms with Gasteiger partial charge in [-0.1, -0.05) is 59.6 Å². The molecule has 0 atom stereocenters. The van der Waals surface area contributed by atoms with Gasteiger partial charge in [-0.15, -0.1) is 10.2 Å². The molecule has 0 saturated carbocycles. The van der Waals surface area contributed by atoms with Gasteiger partial charge in [0.25, 0.3) is 5.91 Å². The molecular weight excluding hydrogens is 434 g/mol. The summed E-state index contributed by atoms with van der Waals surface area (Å²) >= 11 is 6.25. The second-order valence-corrected chi connectivity index (χ2v) is 8.86. The number of piperidine rings is 1. The first-order valence-electron chi connectivity index (χ1n) is 11.1. The van der Waals surface area contributed by atoms with E-state index in [0.717, 1.165) is 25.9 Å². The number of likely N-dealkylation sites (tertiary alicyclic amines) is 1. The van der Waals surface area contributed by atoms with E-state index in [9.17, 15) is 4.79 Å². The monoisotopic (exact) mass is 457 g/mol. The van der Waals surface area contributed by atoms with E-state index in [0.29, 0.717) is 39.4 Å². The van der Waals surface area contributed by atoms with Crippen molar-refractivity contribution in [2.45, 2.75) is 25.7 Å². The van der Waals surface area contributed by atoms with Crippen LogP contribution in [-0.2, 0) is 0 Å². The fourth-order valence-corrected chi connectivity index (χ4v) is 4.61. The van der Waals surface area contributed by atoms with Crippen LogP contribution in [0.4, 0.5) is 0 Å². The molecule has 1 amide bonds. The van der Waals surface area contributed by atoms with Crippen LogP contribution in [0, 0.1) is 6.92 Å². The van der Waals surface area contributed by atoms with Crippen LogP contribution in [0.15, 0.2) is 77.2 Å². The van der Waals surface area contributed by atoms with Gasteiger partial charge in [-0.05, 0) is 61.6 Å². The van der Waals surface area contributed by atoms with Crippen molar-refractivity contribution in [3.05, 3.63) is 94.5 Å². The number of hydrogen-bond acceptors (Lipinski definition) is 4. The number of amides is 1. The second kappa shape index (κ2) is 9.20. The molecule has 0 spiro atoms. The number of benzene rings is 3. The van der Waals surface area contributed by atoms with Crippen molar-refractivity contribution in [3.63, 3.8) is 0 Å². The Morgan fingerprint density at radius 3 is 2.48 bits per heavy atom. The van der Waals surface area contributed by atoms with Crippen LogP contribution < -0.4 is 0 Å². The molecule has 3 aromatic carbocycles. The molecule has 166 valence electrons. The van der Waals surface area contributed by atoms with Crippen LogP contribution in [-0.4, -0.2) is 34.1 Å². The van der Waals surface area contributed by atoms with Gasteiger partial charge in [0.05, 0.1) is 10.6 Å². The minimum absolute atomic E-state index is 0.0328. The molecule has 1 aliphatic rings. The van der Waals surface area contributed by atoms with E-state index >= 15 is 0 Å². The summed E-state index contributed by atoms with van der Waals surface area (Å²) in [6.07, 6.45) is 1.94. The molecular formula is C27H24ClN3O2. The summed E-state index contributed by atoms with van der Waals surface area (Å²) in [6.45, 7) is 3.62. The van der Waals surface area contributed by atoms with Gasteiger partial charge in [-0.3, -0.25) is 4.79 Å². The molecule has 1 fully saturated rings. The second-order valence-electron chi connectivity index (χ2n) is 8.45. The lowest BCUT2D eigenvalue weighted by atomic mass is 9.88. The Labute approximate surface area is 198 Å². The lowest BCUT2D eigenvalue weighted by Gasteiger charge is -2.32. The van der Waals surface area contributed by atoms with Crippen molar-refractivity contribution >= 4 is 17.5 Å². The average molecular weight is 458 g/mol. The van der Waals surface area contributed by atoms with Gasteiger partial charge in [-0.2, -0.15) is 0 Å². The summed E-state index contributed by atoms with van der Waals surface area (Å²) in [5.41, 5.74) is 4.67. The topological polar surface area (TPSA) is 59.2 Å². The van der Waals surface area contributed by atoms with Crippen LogP contribution in [0.5, 0.6) is 0 Å². The van der Waals surface area contributed by atoms with Gasteiger partial charge < -0.3 is 9.32 Å². The fraction of sp³-hybridized carbons (Fsp3) is 0.222. The first-order valence-corrected chi connectivity index (χ1v) is 11.5. The Morgan fingerprint density at radius 2 is 1.70 bits per heavy atom. The number of aryl methyl sites for hydroxylation is 1. The summed E-state index contributed by atoms with van der Waals surface area (Å²) in [5.74, 6) is 1.25. The van der Waals surface area contributed by atoms with Crippen molar-refractivity contribution < 1.29 is 9.21 Å². The fourth-order valence-electron chi connectivity index (χ4n) is 4.39. The van der Waals surface area contributed by atoms with Crippen LogP contribution >= 0.6 is 11.6 Å². The molecule has 4 aromatic rings. The highest BCUT2D eigenvalue weighted by atomic mass is 35.5. The van der Waals surface area contributed by atoms with Crippen molar-refractivity contribution in [1.82, 2.24) is 15.1 Å². The van der Waals surface area contributed by atoms with Gasteiger partial charge in [0.1, 0.15) is 0 Å². The van der Waals surface area contributed by atoms with E-state index in [1.807, 2.05) is 47.4 Å². The van der Waals surface area contributed by atoms with Gasteiger partial charge in [0, 0.05) is 24.2 Å². The third-order valence-corrected chi connectivity index (χ3v) is 6.51. The number of hydrogen-bond donors (Lipinski definition) is 0. The molecule has 2 heterocycles. The van der Waals surface area contributed by atoms with Crippen LogP contribution in [0.25, 0.3) is 22.9 Å². The molecule has 1 aromatic heterocycles. The number of carbonyl (C=O) groups excluding carboxylic acids is 1. The molecule has 1 aliphatic heterocycles. The highest BCUT2D eigenvalue weighted by molar-refractivity contribution is 6.33. The lowest BCUT2D eigenvalue weighted by Crippen LogP contribution is -2.37. The number of halogens is 1. The number of carbonyl (C=O) groups is 1. The zero-order chi connectivity index (χ0) is 22.8. The van der Waals surface area contributed by atoms with Crippen molar-refractivity contribution in [2.75, 3.05) is 13.1 Å². The molecule has 5 nitrogen and oxygen atoms in total. The van der Waals surface area contributed by atoms with Crippen LogP contribution in [0.3, 0.4) is 0 Å². The maximum absolute atomic E-state index is 13.2. The Hall–Kier alpha value is -3.44. The van der Waals surface area contributed by atoms with Gasteiger partial charge >= 0.3 is 0 Å². The Kier molecular flexibility index (Phi) is 5.97. The maximum atomic E-state index is 13.2. The average Bonchev–Trinajstić information content (AvgIpc) is 3.34. The third-order valence-electron chi connectivity index (χ3n) is 6.18. The molecule has 6 heteroatoms. The Morgan fingerprint density at radius 1 is 0.939 bits per heavy atom.